The highest BCUT2D eigenvalue weighted by Gasteiger charge is 2.19. The molecule has 1 atom stereocenters. The lowest BCUT2D eigenvalue weighted by Gasteiger charge is -2.15. The predicted octanol–water partition coefficient (Wildman–Crippen LogP) is 3.63. The lowest BCUT2D eigenvalue weighted by Crippen LogP contribution is -2.27. The maximum absolute atomic E-state index is 11.4. The third kappa shape index (κ3) is 3.56. The van der Waals surface area contributed by atoms with Gasteiger partial charge >= 0.3 is 5.97 Å². The molecule has 0 aliphatic carbocycles. The van der Waals surface area contributed by atoms with Crippen molar-refractivity contribution in [2.24, 2.45) is 0 Å². The van der Waals surface area contributed by atoms with Crippen LogP contribution >= 0.6 is 22.9 Å². The van der Waals surface area contributed by atoms with Crippen molar-refractivity contribution in [1.29, 1.82) is 0 Å². The number of carbonyl (C=O) groups is 1. The predicted molar refractivity (Wildman–Crippen MR) is 77.7 cm³/mol. The number of nitrogens with one attached hydrogen (secondary N) is 1. The number of carboxylic acid groups (broad SMARTS) is 1. The first-order valence-corrected chi connectivity index (χ1v) is 7.08. The molecule has 0 spiro atoms. The number of rotatable bonds is 5. The van der Waals surface area contributed by atoms with Crippen LogP contribution in [0.3, 0.4) is 0 Å². The molecule has 1 heterocycles. The fourth-order valence-corrected chi connectivity index (χ4v) is 2.60. The average Bonchev–Trinajstić information content (AvgIpc) is 2.86. The van der Waals surface area contributed by atoms with E-state index in [4.69, 9.17) is 11.6 Å². The summed E-state index contributed by atoms with van der Waals surface area (Å²) in [6.45, 7) is 2.42. The molecule has 0 fully saturated rings. The summed E-state index contributed by atoms with van der Waals surface area (Å²) < 4.78 is 0. The molecule has 0 saturated carbocycles. The van der Waals surface area contributed by atoms with E-state index < -0.39 is 12.0 Å². The van der Waals surface area contributed by atoms with Crippen molar-refractivity contribution in [2.45, 2.75) is 19.5 Å². The van der Waals surface area contributed by atoms with Gasteiger partial charge in [0.1, 0.15) is 6.04 Å². The highest BCUT2D eigenvalue weighted by atomic mass is 35.5. The SMILES string of the molecule is Cc1ccc(C(NCc2cccs2)C(=O)O)cc1Cl. The van der Waals surface area contributed by atoms with E-state index in [2.05, 4.69) is 5.32 Å². The number of carboxylic acids is 1. The van der Waals surface area contributed by atoms with Gasteiger partial charge in [0.25, 0.3) is 0 Å². The van der Waals surface area contributed by atoms with E-state index in [0.717, 1.165) is 10.4 Å². The minimum atomic E-state index is -0.906. The molecule has 0 saturated heterocycles. The number of halogens is 1. The zero-order valence-electron chi connectivity index (χ0n) is 10.4. The number of hydrogen-bond acceptors (Lipinski definition) is 3. The van der Waals surface area contributed by atoms with Gasteiger partial charge in [0.2, 0.25) is 0 Å². The van der Waals surface area contributed by atoms with Crippen LogP contribution in [-0.2, 0) is 11.3 Å². The number of aliphatic carboxylic acids is 1. The van der Waals surface area contributed by atoms with Crippen molar-refractivity contribution in [2.75, 3.05) is 0 Å². The van der Waals surface area contributed by atoms with E-state index >= 15 is 0 Å². The van der Waals surface area contributed by atoms with Crippen LogP contribution in [0.15, 0.2) is 35.7 Å². The molecule has 2 rings (SSSR count). The van der Waals surface area contributed by atoms with Gasteiger partial charge in [-0.15, -0.1) is 11.3 Å². The fraction of sp³-hybridized carbons (Fsp3) is 0.214. The average molecular weight is 296 g/mol. The summed E-state index contributed by atoms with van der Waals surface area (Å²) in [6, 6.07) is 8.50. The van der Waals surface area contributed by atoms with Crippen LogP contribution in [0, 0.1) is 6.92 Å². The molecule has 100 valence electrons. The Morgan fingerprint density at radius 1 is 1.47 bits per heavy atom. The lowest BCUT2D eigenvalue weighted by molar-refractivity contribution is -0.139. The fourth-order valence-electron chi connectivity index (χ4n) is 1.75. The molecular formula is C14H14ClNO2S. The zero-order chi connectivity index (χ0) is 13.8. The molecule has 1 aromatic heterocycles. The van der Waals surface area contributed by atoms with Crippen LogP contribution in [0.4, 0.5) is 0 Å². The first-order valence-electron chi connectivity index (χ1n) is 5.82. The van der Waals surface area contributed by atoms with Crippen molar-refractivity contribution in [3.63, 3.8) is 0 Å². The first kappa shape index (κ1) is 14.1. The Labute approximate surface area is 120 Å². The number of benzene rings is 1. The van der Waals surface area contributed by atoms with Crippen LogP contribution < -0.4 is 5.32 Å². The molecule has 19 heavy (non-hydrogen) atoms. The van der Waals surface area contributed by atoms with Gasteiger partial charge in [0.15, 0.2) is 0 Å². The second-order valence-corrected chi connectivity index (χ2v) is 5.68. The Balaban J connectivity index is 2.15. The second-order valence-electron chi connectivity index (χ2n) is 4.24. The van der Waals surface area contributed by atoms with Gasteiger partial charge in [0, 0.05) is 16.4 Å². The van der Waals surface area contributed by atoms with E-state index in [-0.39, 0.29) is 0 Å². The molecule has 0 aliphatic rings. The molecule has 3 nitrogen and oxygen atoms in total. The van der Waals surface area contributed by atoms with Crippen molar-refractivity contribution in [3.05, 3.63) is 56.7 Å². The monoisotopic (exact) mass is 295 g/mol. The molecule has 1 unspecified atom stereocenters. The van der Waals surface area contributed by atoms with Gasteiger partial charge in [-0.25, -0.2) is 0 Å². The standard InChI is InChI=1S/C14H14ClNO2S/c1-9-4-5-10(7-12(9)15)13(14(17)18)16-8-11-3-2-6-19-11/h2-7,13,16H,8H2,1H3,(H,17,18). The summed E-state index contributed by atoms with van der Waals surface area (Å²) in [5, 5.41) is 14.9. The summed E-state index contributed by atoms with van der Waals surface area (Å²) >= 11 is 7.64. The molecule has 0 aliphatic heterocycles. The van der Waals surface area contributed by atoms with E-state index in [9.17, 15) is 9.90 Å². The van der Waals surface area contributed by atoms with Crippen LogP contribution in [0.2, 0.25) is 5.02 Å². The summed E-state index contributed by atoms with van der Waals surface area (Å²) in [7, 11) is 0. The minimum absolute atomic E-state index is 0.528. The maximum Gasteiger partial charge on any atom is 0.325 e. The van der Waals surface area contributed by atoms with Gasteiger partial charge < -0.3 is 5.11 Å². The molecule has 5 heteroatoms. The van der Waals surface area contributed by atoms with Crippen molar-refractivity contribution in [1.82, 2.24) is 5.32 Å². The Kier molecular flexibility index (Phi) is 4.58. The minimum Gasteiger partial charge on any atom is -0.480 e. The van der Waals surface area contributed by atoms with Gasteiger partial charge in [-0.05, 0) is 35.6 Å². The summed E-state index contributed by atoms with van der Waals surface area (Å²) in [4.78, 5) is 12.5. The van der Waals surface area contributed by atoms with Crippen LogP contribution in [0.1, 0.15) is 22.0 Å². The third-order valence-corrected chi connectivity index (χ3v) is 4.12. The smallest absolute Gasteiger partial charge is 0.325 e. The Morgan fingerprint density at radius 2 is 2.26 bits per heavy atom. The maximum atomic E-state index is 11.4. The van der Waals surface area contributed by atoms with E-state index in [1.165, 1.54) is 0 Å². The summed E-state index contributed by atoms with van der Waals surface area (Å²) in [6.07, 6.45) is 0. The van der Waals surface area contributed by atoms with Gasteiger partial charge in [0.05, 0.1) is 0 Å². The van der Waals surface area contributed by atoms with Crippen molar-refractivity contribution >= 4 is 28.9 Å². The third-order valence-electron chi connectivity index (χ3n) is 2.84. The van der Waals surface area contributed by atoms with Crippen LogP contribution in [-0.4, -0.2) is 11.1 Å². The molecule has 0 amide bonds. The largest absolute Gasteiger partial charge is 0.480 e. The summed E-state index contributed by atoms with van der Waals surface area (Å²) in [5.74, 6) is -0.906. The Bertz CT molecular complexity index is 569. The van der Waals surface area contributed by atoms with E-state index in [1.54, 1.807) is 23.5 Å². The van der Waals surface area contributed by atoms with Gasteiger partial charge in [-0.2, -0.15) is 0 Å². The van der Waals surface area contributed by atoms with E-state index in [1.807, 2.05) is 30.5 Å². The quantitative estimate of drug-likeness (QED) is 0.885. The molecule has 0 radical (unpaired) electrons. The zero-order valence-corrected chi connectivity index (χ0v) is 12.0. The van der Waals surface area contributed by atoms with Crippen LogP contribution in [0.5, 0.6) is 0 Å². The van der Waals surface area contributed by atoms with Crippen molar-refractivity contribution in [3.8, 4) is 0 Å². The molecule has 0 bridgehead atoms. The highest BCUT2D eigenvalue weighted by molar-refractivity contribution is 7.09. The van der Waals surface area contributed by atoms with E-state index in [0.29, 0.717) is 17.1 Å². The molecule has 2 N–H and O–H groups in total. The topological polar surface area (TPSA) is 49.3 Å². The number of thiophene rings is 1. The first-order chi connectivity index (χ1) is 9.08. The molecular weight excluding hydrogens is 282 g/mol. The number of hydrogen-bond donors (Lipinski definition) is 2. The van der Waals surface area contributed by atoms with Gasteiger partial charge in [-0.3, -0.25) is 10.1 Å². The summed E-state index contributed by atoms with van der Waals surface area (Å²) in [5.41, 5.74) is 1.60. The lowest BCUT2D eigenvalue weighted by atomic mass is 10.1. The normalized spacial score (nSPS) is 12.3. The highest BCUT2D eigenvalue weighted by Crippen LogP contribution is 2.22. The van der Waals surface area contributed by atoms with Crippen molar-refractivity contribution < 1.29 is 9.90 Å². The Hall–Kier alpha value is -1.36. The number of aryl methyl sites for hydroxylation is 1. The van der Waals surface area contributed by atoms with Crippen LogP contribution in [0.25, 0.3) is 0 Å². The van der Waals surface area contributed by atoms with Gasteiger partial charge in [-0.1, -0.05) is 29.8 Å². The molecule has 2 aromatic rings. The Morgan fingerprint density at radius 3 is 2.84 bits per heavy atom. The second kappa shape index (κ2) is 6.19. The molecule has 1 aromatic carbocycles.